The fourth-order valence-corrected chi connectivity index (χ4v) is 4.74. The van der Waals surface area contributed by atoms with Crippen LogP contribution in [0, 0.1) is 5.82 Å². The molecule has 0 saturated heterocycles. The maximum atomic E-state index is 15.0. The number of nitrogens with zero attached hydrogens (tertiary/aromatic N) is 3. The lowest BCUT2D eigenvalue weighted by atomic mass is 10.0. The SMILES string of the molecule is C=C.C=CC(CCN=C(N)CF)NCc1ccc(-n2cc3cc(-c4cc(CCCCN)cc(Cl)c4F)[nH]c3nc2=O)cc1. The molecule has 6 N–H and O–H groups in total. The number of halogens is 3. The third-order valence-electron chi connectivity index (χ3n) is 6.77. The monoisotopic (exact) mass is 609 g/mol. The summed E-state index contributed by atoms with van der Waals surface area (Å²) in [6.07, 6.45) is 6.57. The minimum atomic E-state index is -0.757. The minimum absolute atomic E-state index is 0.0120. The number of rotatable bonds is 14. The molecule has 0 aliphatic rings. The summed E-state index contributed by atoms with van der Waals surface area (Å²) in [6.45, 7) is 10.6. The van der Waals surface area contributed by atoms with Crippen LogP contribution in [0.1, 0.15) is 30.4 Å². The molecular formula is C32H38ClF2N7O. The molecule has 2 aromatic carbocycles. The Bertz CT molecular complexity index is 1600. The average Bonchev–Trinajstić information content (AvgIpc) is 3.43. The van der Waals surface area contributed by atoms with Gasteiger partial charge in [0.2, 0.25) is 0 Å². The Morgan fingerprint density at radius 1 is 1.19 bits per heavy atom. The molecule has 1 unspecified atom stereocenters. The molecule has 8 nitrogen and oxygen atoms in total. The Labute approximate surface area is 255 Å². The van der Waals surface area contributed by atoms with Gasteiger partial charge in [-0.15, -0.1) is 19.7 Å². The molecule has 11 heteroatoms. The van der Waals surface area contributed by atoms with Crippen molar-refractivity contribution in [1.82, 2.24) is 19.9 Å². The molecule has 0 fully saturated rings. The molecule has 43 heavy (non-hydrogen) atoms. The quantitative estimate of drug-likeness (QED) is 0.0639. The Morgan fingerprint density at radius 3 is 2.60 bits per heavy atom. The van der Waals surface area contributed by atoms with Crippen LogP contribution in [0.4, 0.5) is 8.78 Å². The van der Waals surface area contributed by atoms with Gasteiger partial charge in [0, 0.05) is 36.3 Å². The van der Waals surface area contributed by atoms with E-state index in [-0.39, 0.29) is 16.9 Å². The molecule has 0 amide bonds. The van der Waals surface area contributed by atoms with Crippen molar-refractivity contribution in [2.45, 2.75) is 38.3 Å². The second kappa shape index (κ2) is 16.5. The van der Waals surface area contributed by atoms with Crippen LogP contribution in [0.25, 0.3) is 28.0 Å². The van der Waals surface area contributed by atoms with Crippen molar-refractivity contribution in [3.05, 3.63) is 107 Å². The van der Waals surface area contributed by atoms with Gasteiger partial charge < -0.3 is 21.8 Å². The number of hydrogen-bond donors (Lipinski definition) is 4. The van der Waals surface area contributed by atoms with E-state index in [0.717, 1.165) is 30.4 Å². The number of amidine groups is 1. The van der Waals surface area contributed by atoms with E-state index in [4.69, 9.17) is 23.1 Å². The van der Waals surface area contributed by atoms with Crippen molar-refractivity contribution in [2.24, 2.45) is 16.5 Å². The van der Waals surface area contributed by atoms with Crippen LogP contribution in [-0.2, 0) is 13.0 Å². The Morgan fingerprint density at radius 2 is 1.93 bits per heavy atom. The molecule has 1 atom stereocenters. The van der Waals surface area contributed by atoms with Crippen molar-refractivity contribution >= 4 is 28.5 Å². The number of benzene rings is 2. The number of aryl methyl sites for hydroxylation is 1. The first-order valence-electron chi connectivity index (χ1n) is 13.9. The van der Waals surface area contributed by atoms with Crippen LogP contribution < -0.4 is 22.5 Å². The number of fused-ring (bicyclic) bond motifs is 1. The minimum Gasteiger partial charge on any atom is -0.385 e. The summed E-state index contributed by atoms with van der Waals surface area (Å²) in [5, 5.41) is 4.06. The molecular weight excluding hydrogens is 572 g/mol. The van der Waals surface area contributed by atoms with E-state index in [2.05, 4.69) is 40.0 Å². The smallest absolute Gasteiger partial charge is 0.354 e. The van der Waals surface area contributed by atoms with Crippen LogP contribution in [0.3, 0.4) is 0 Å². The highest BCUT2D eigenvalue weighted by Crippen LogP contribution is 2.31. The Hall–Kier alpha value is -4.12. The van der Waals surface area contributed by atoms with Gasteiger partial charge in [-0.3, -0.25) is 9.56 Å². The van der Waals surface area contributed by atoms with Crippen molar-refractivity contribution < 1.29 is 8.78 Å². The fourth-order valence-electron chi connectivity index (χ4n) is 4.50. The van der Waals surface area contributed by atoms with Gasteiger partial charge in [0.05, 0.1) is 16.4 Å². The Kier molecular flexibility index (Phi) is 12.8. The van der Waals surface area contributed by atoms with Gasteiger partial charge in [0.25, 0.3) is 0 Å². The van der Waals surface area contributed by atoms with Crippen molar-refractivity contribution in [1.29, 1.82) is 0 Å². The van der Waals surface area contributed by atoms with E-state index in [1.165, 1.54) is 4.57 Å². The zero-order valence-corrected chi connectivity index (χ0v) is 24.8. The van der Waals surface area contributed by atoms with Crippen LogP contribution >= 0.6 is 11.6 Å². The first-order valence-corrected chi connectivity index (χ1v) is 14.3. The third-order valence-corrected chi connectivity index (χ3v) is 7.04. The van der Waals surface area contributed by atoms with E-state index in [9.17, 15) is 13.6 Å². The maximum Gasteiger partial charge on any atom is 0.354 e. The van der Waals surface area contributed by atoms with Gasteiger partial charge in [-0.2, -0.15) is 4.98 Å². The predicted molar refractivity (Wildman–Crippen MR) is 173 cm³/mol. The largest absolute Gasteiger partial charge is 0.385 e. The summed E-state index contributed by atoms with van der Waals surface area (Å²) >= 11 is 6.20. The second-order valence-corrected chi connectivity index (χ2v) is 10.2. The number of H-pyrrole nitrogens is 1. The first-order chi connectivity index (χ1) is 20.8. The van der Waals surface area contributed by atoms with Gasteiger partial charge in [0.1, 0.15) is 18.2 Å². The van der Waals surface area contributed by atoms with E-state index in [1.54, 1.807) is 30.5 Å². The molecule has 2 heterocycles. The van der Waals surface area contributed by atoms with Crippen molar-refractivity contribution in [3.63, 3.8) is 0 Å². The van der Waals surface area contributed by atoms with Crippen molar-refractivity contribution in [2.75, 3.05) is 19.8 Å². The fraction of sp³-hybridized carbons (Fsp3) is 0.281. The highest BCUT2D eigenvalue weighted by molar-refractivity contribution is 6.31. The first kappa shape index (κ1) is 33.4. The summed E-state index contributed by atoms with van der Waals surface area (Å²) in [5.41, 5.74) is 14.3. The summed E-state index contributed by atoms with van der Waals surface area (Å²) in [6, 6.07) is 12.6. The van der Waals surface area contributed by atoms with E-state index >= 15 is 0 Å². The van der Waals surface area contributed by atoms with Crippen LogP contribution in [0.2, 0.25) is 5.02 Å². The standard InChI is InChI=1S/C30H34ClF2N7O.C2H4/c1-2-22(10-12-36-27(35)16-32)37-17-19-6-8-23(9-7-19)40-18-21-15-26(38-29(21)39-30(40)41)24-13-20(5-3-4-11-34)14-25(31)28(24)33;1-2/h2,6-9,13-15,18,22,37H,1,3-5,10-12,16-17,34H2,(H2,35,36)(H,38,39,41);1-2H2. The van der Waals surface area contributed by atoms with E-state index in [1.807, 2.05) is 24.3 Å². The van der Waals surface area contributed by atoms with Crippen LogP contribution in [0.5, 0.6) is 0 Å². The van der Waals surface area contributed by atoms with Gasteiger partial charge >= 0.3 is 5.69 Å². The zero-order chi connectivity index (χ0) is 31.4. The lowest BCUT2D eigenvalue weighted by Gasteiger charge is -2.14. The maximum absolute atomic E-state index is 15.0. The number of aromatic amines is 1. The highest BCUT2D eigenvalue weighted by Gasteiger charge is 2.15. The van der Waals surface area contributed by atoms with E-state index < -0.39 is 18.2 Å². The lowest BCUT2D eigenvalue weighted by Crippen LogP contribution is -2.27. The molecule has 4 rings (SSSR count). The van der Waals surface area contributed by atoms with Gasteiger partial charge in [-0.1, -0.05) is 29.8 Å². The van der Waals surface area contributed by atoms with Gasteiger partial charge in [-0.05, 0) is 73.7 Å². The van der Waals surface area contributed by atoms with E-state index in [0.29, 0.717) is 54.0 Å². The summed E-state index contributed by atoms with van der Waals surface area (Å²) < 4.78 is 28.9. The average molecular weight is 610 g/mol. The number of nitrogens with two attached hydrogens (primary N) is 2. The summed E-state index contributed by atoms with van der Waals surface area (Å²) in [4.78, 5) is 24.1. The predicted octanol–water partition coefficient (Wildman–Crippen LogP) is 5.62. The molecule has 0 bridgehead atoms. The Balaban J connectivity index is 0.00000248. The molecule has 0 saturated carbocycles. The topological polar surface area (TPSA) is 127 Å². The summed E-state index contributed by atoms with van der Waals surface area (Å²) in [7, 11) is 0. The molecule has 4 aromatic rings. The second-order valence-electron chi connectivity index (χ2n) is 9.75. The molecule has 2 aromatic heterocycles. The highest BCUT2D eigenvalue weighted by atomic mass is 35.5. The number of nitrogens with one attached hydrogen (secondary N) is 2. The van der Waals surface area contributed by atoms with Crippen molar-refractivity contribution in [3.8, 4) is 16.9 Å². The lowest BCUT2D eigenvalue weighted by molar-refractivity contribution is 0.556. The van der Waals surface area contributed by atoms with Gasteiger partial charge in [0.15, 0.2) is 5.82 Å². The third kappa shape index (κ3) is 8.93. The molecule has 228 valence electrons. The zero-order valence-electron chi connectivity index (χ0n) is 24.1. The van der Waals surface area contributed by atoms with Gasteiger partial charge in [-0.25, -0.2) is 13.6 Å². The molecule has 0 aliphatic heterocycles. The number of hydrogen-bond acceptors (Lipinski definition) is 5. The van der Waals surface area contributed by atoms with Crippen LogP contribution in [0.15, 0.2) is 84.3 Å². The number of aliphatic imine (C=N–C) groups is 1. The molecule has 0 aliphatic carbocycles. The number of unbranched alkanes of at least 4 members (excludes halogenated alkanes) is 1. The summed E-state index contributed by atoms with van der Waals surface area (Å²) in [5.74, 6) is -0.544. The number of alkyl halides is 1. The van der Waals surface area contributed by atoms with Crippen LogP contribution in [-0.4, -0.2) is 46.2 Å². The normalized spacial score (nSPS) is 12.1. The number of aromatic nitrogens is 3. The molecule has 0 radical (unpaired) electrons. The molecule has 0 spiro atoms.